The van der Waals surface area contributed by atoms with Crippen molar-refractivity contribution in [1.29, 1.82) is 0 Å². The number of imidazole rings is 1. The summed E-state index contributed by atoms with van der Waals surface area (Å²) < 4.78 is 1.84. The minimum absolute atomic E-state index is 0.118. The van der Waals surface area contributed by atoms with E-state index >= 15 is 0 Å². The summed E-state index contributed by atoms with van der Waals surface area (Å²) in [6.45, 7) is 5.87. The first-order valence-corrected chi connectivity index (χ1v) is 11.8. The first-order valence-electron chi connectivity index (χ1n) is 10.9. The van der Waals surface area contributed by atoms with Crippen LogP contribution in [0.4, 0.5) is 10.8 Å². The van der Waals surface area contributed by atoms with Gasteiger partial charge >= 0.3 is 0 Å². The van der Waals surface area contributed by atoms with Gasteiger partial charge in [-0.2, -0.15) is 0 Å². The first kappa shape index (κ1) is 22.2. The summed E-state index contributed by atoms with van der Waals surface area (Å²) in [5.74, 6) is 0.439. The number of thiazole rings is 1. The van der Waals surface area contributed by atoms with E-state index in [2.05, 4.69) is 32.4 Å². The molecule has 2 amide bonds. The van der Waals surface area contributed by atoms with Crippen LogP contribution >= 0.6 is 11.3 Å². The second kappa shape index (κ2) is 10.5. The number of nitrogens with zero attached hydrogens (tertiary/aromatic N) is 4. The minimum atomic E-state index is -0.243. The lowest BCUT2D eigenvalue weighted by atomic mass is 9.99. The zero-order valence-electron chi connectivity index (χ0n) is 18.2. The molecular weight excluding hydrogens is 424 g/mol. The van der Waals surface area contributed by atoms with Gasteiger partial charge in [-0.1, -0.05) is 13.0 Å². The van der Waals surface area contributed by atoms with Crippen LogP contribution in [-0.2, 0) is 17.9 Å². The Kier molecular flexibility index (Phi) is 7.28. The summed E-state index contributed by atoms with van der Waals surface area (Å²) in [4.78, 5) is 35.9. The average Bonchev–Trinajstić information content (AvgIpc) is 3.46. The van der Waals surface area contributed by atoms with E-state index in [-0.39, 0.29) is 11.8 Å². The Bertz CT molecular complexity index is 1040. The van der Waals surface area contributed by atoms with Crippen LogP contribution in [0.2, 0.25) is 0 Å². The zero-order chi connectivity index (χ0) is 22.3. The maximum Gasteiger partial charge on any atom is 0.257 e. The van der Waals surface area contributed by atoms with Gasteiger partial charge in [0.15, 0.2) is 5.13 Å². The van der Waals surface area contributed by atoms with E-state index in [0.29, 0.717) is 29.3 Å². The molecule has 4 rings (SSSR count). The molecule has 1 aromatic carbocycles. The Labute approximate surface area is 191 Å². The number of aryl methyl sites for hydroxylation is 1. The fraction of sp³-hybridized carbons (Fsp3) is 0.391. The molecule has 1 aliphatic rings. The van der Waals surface area contributed by atoms with E-state index < -0.39 is 0 Å². The normalized spacial score (nSPS) is 14.9. The number of hydrogen-bond donors (Lipinski definition) is 2. The van der Waals surface area contributed by atoms with Crippen molar-refractivity contribution in [2.24, 2.45) is 5.92 Å². The van der Waals surface area contributed by atoms with Gasteiger partial charge in [0, 0.05) is 48.5 Å². The lowest BCUT2D eigenvalue weighted by molar-refractivity contribution is -0.116. The van der Waals surface area contributed by atoms with Crippen molar-refractivity contribution in [3.8, 4) is 0 Å². The molecule has 0 saturated carbocycles. The standard InChI is InChI=1S/C23H28N6O2S/c1-17-5-9-28(10-6-17)14-20-15-32-23(26-20)27-22(31)18-3-2-4-19(13-18)25-21(30)7-11-29-12-8-24-16-29/h2-4,8,12-13,15-17H,5-7,9-11,14H2,1H3,(H,25,30)(H,26,27,31). The molecule has 0 bridgehead atoms. The second-order valence-corrected chi connectivity index (χ2v) is 9.09. The Morgan fingerprint density at radius 1 is 1.22 bits per heavy atom. The molecule has 168 valence electrons. The Hall–Kier alpha value is -3.04. The molecular formula is C23H28N6O2S. The van der Waals surface area contributed by atoms with Crippen molar-refractivity contribution >= 4 is 34.0 Å². The van der Waals surface area contributed by atoms with Crippen LogP contribution in [-0.4, -0.2) is 44.3 Å². The smallest absolute Gasteiger partial charge is 0.257 e. The minimum Gasteiger partial charge on any atom is -0.337 e. The van der Waals surface area contributed by atoms with Crippen LogP contribution in [0.3, 0.4) is 0 Å². The monoisotopic (exact) mass is 452 g/mol. The fourth-order valence-electron chi connectivity index (χ4n) is 3.67. The molecule has 2 aromatic heterocycles. The summed E-state index contributed by atoms with van der Waals surface area (Å²) >= 11 is 1.43. The van der Waals surface area contributed by atoms with Gasteiger partial charge in [0.05, 0.1) is 12.0 Å². The number of hydrogen-bond acceptors (Lipinski definition) is 6. The van der Waals surface area contributed by atoms with E-state index in [0.717, 1.165) is 31.2 Å². The maximum absolute atomic E-state index is 12.7. The number of rotatable bonds is 8. The third-order valence-corrected chi connectivity index (χ3v) is 6.41. The first-order chi connectivity index (χ1) is 15.5. The number of carbonyl (C=O) groups is 2. The Balaban J connectivity index is 1.29. The molecule has 0 unspecified atom stereocenters. The molecule has 0 aliphatic carbocycles. The molecule has 3 aromatic rings. The van der Waals surface area contributed by atoms with Gasteiger partial charge in [-0.15, -0.1) is 11.3 Å². The molecule has 1 fully saturated rings. The van der Waals surface area contributed by atoms with E-state index in [1.54, 1.807) is 36.8 Å². The van der Waals surface area contributed by atoms with Crippen molar-refractivity contribution in [2.75, 3.05) is 23.7 Å². The van der Waals surface area contributed by atoms with Crippen LogP contribution < -0.4 is 10.6 Å². The molecule has 32 heavy (non-hydrogen) atoms. The number of amides is 2. The van der Waals surface area contributed by atoms with Crippen LogP contribution in [0.5, 0.6) is 0 Å². The molecule has 9 heteroatoms. The van der Waals surface area contributed by atoms with Crippen LogP contribution in [0.15, 0.2) is 48.4 Å². The third-order valence-electron chi connectivity index (χ3n) is 5.60. The molecule has 1 aliphatic heterocycles. The zero-order valence-corrected chi connectivity index (χ0v) is 19.0. The van der Waals surface area contributed by atoms with Crippen molar-refractivity contribution in [3.05, 3.63) is 59.6 Å². The highest BCUT2D eigenvalue weighted by molar-refractivity contribution is 7.14. The van der Waals surface area contributed by atoms with E-state index in [4.69, 9.17) is 0 Å². The number of carbonyl (C=O) groups excluding carboxylic acids is 2. The molecule has 2 N–H and O–H groups in total. The number of likely N-dealkylation sites (tertiary alicyclic amines) is 1. The molecule has 3 heterocycles. The summed E-state index contributed by atoms with van der Waals surface area (Å²) in [6.07, 6.45) is 7.95. The van der Waals surface area contributed by atoms with Crippen molar-refractivity contribution in [1.82, 2.24) is 19.4 Å². The number of aromatic nitrogens is 3. The number of piperidine rings is 1. The van der Waals surface area contributed by atoms with Gasteiger partial charge in [-0.25, -0.2) is 9.97 Å². The molecule has 0 spiro atoms. The van der Waals surface area contributed by atoms with Crippen molar-refractivity contribution in [2.45, 2.75) is 39.3 Å². The SMILES string of the molecule is CC1CCN(Cc2csc(NC(=O)c3cccc(NC(=O)CCn4ccnc4)c3)n2)CC1. The predicted molar refractivity (Wildman–Crippen MR) is 126 cm³/mol. The molecule has 0 radical (unpaired) electrons. The van der Waals surface area contributed by atoms with E-state index in [1.807, 2.05) is 16.1 Å². The van der Waals surface area contributed by atoms with Gasteiger partial charge in [-0.05, 0) is 50.0 Å². The fourth-order valence-corrected chi connectivity index (χ4v) is 4.36. The predicted octanol–water partition coefficient (Wildman–Crippen LogP) is 3.85. The maximum atomic E-state index is 12.7. The highest BCUT2D eigenvalue weighted by Crippen LogP contribution is 2.22. The van der Waals surface area contributed by atoms with Crippen LogP contribution in [0.25, 0.3) is 0 Å². The molecule has 0 atom stereocenters. The number of nitrogens with one attached hydrogen (secondary N) is 2. The van der Waals surface area contributed by atoms with Crippen LogP contribution in [0, 0.1) is 5.92 Å². The topological polar surface area (TPSA) is 92.2 Å². The van der Waals surface area contributed by atoms with Gasteiger partial charge in [-0.3, -0.25) is 19.8 Å². The quantitative estimate of drug-likeness (QED) is 0.542. The highest BCUT2D eigenvalue weighted by Gasteiger charge is 2.17. The molecule has 8 nitrogen and oxygen atoms in total. The van der Waals surface area contributed by atoms with Crippen LogP contribution in [0.1, 0.15) is 42.2 Å². The van der Waals surface area contributed by atoms with Gasteiger partial charge in [0.1, 0.15) is 0 Å². The van der Waals surface area contributed by atoms with Crippen molar-refractivity contribution in [3.63, 3.8) is 0 Å². The summed E-state index contributed by atoms with van der Waals surface area (Å²) in [7, 11) is 0. The van der Waals surface area contributed by atoms with E-state index in [1.165, 1.54) is 24.2 Å². The second-order valence-electron chi connectivity index (χ2n) is 8.24. The summed E-state index contributed by atoms with van der Waals surface area (Å²) in [5, 5.41) is 8.31. The van der Waals surface area contributed by atoms with Crippen molar-refractivity contribution < 1.29 is 9.59 Å². The Morgan fingerprint density at radius 3 is 2.84 bits per heavy atom. The average molecular weight is 453 g/mol. The number of benzene rings is 1. The summed E-state index contributed by atoms with van der Waals surface area (Å²) in [6, 6.07) is 6.92. The summed E-state index contributed by atoms with van der Waals surface area (Å²) in [5.41, 5.74) is 2.05. The highest BCUT2D eigenvalue weighted by atomic mass is 32.1. The largest absolute Gasteiger partial charge is 0.337 e. The molecule has 1 saturated heterocycles. The Morgan fingerprint density at radius 2 is 2.06 bits per heavy atom. The lowest BCUT2D eigenvalue weighted by Crippen LogP contribution is -2.32. The van der Waals surface area contributed by atoms with Gasteiger partial charge in [0.2, 0.25) is 5.91 Å². The van der Waals surface area contributed by atoms with E-state index in [9.17, 15) is 9.59 Å². The lowest BCUT2D eigenvalue weighted by Gasteiger charge is -2.29. The number of anilines is 2. The third kappa shape index (κ3) is 6.24. The van der Waals surface area contributed by atoms with Gasteiger partial charge in [0.25, 0.3) is 5.91 Å². The van der Waals surface area contributed by atoms with Gasteiger partial charge < -0.3 is 9.88 Å².